The molecular formula is C21H25F2N3O5S2. The van der Waals surface area contributed by atoms with Crippen LogP contribution in [0, 0.1) is 12.3 Å². The Morgan fingerprint density at radius 3 is 2.52 bits per heavy atom. The van der Waals surface area contributed by atoms with Gasteiger partial charge in [0.25, 0.3) is 0 Å². The van der Waals surface area contributed by atoms with Gasteiger partial charge in [-0.25, -0.2) is 26.7 Å². The van der Waals surface area contributed by atoms with Crippen molar-refractivity contribution in [2.75, 3.05) is 19.5 Å². The molecule has 1 aromatic carbocycles. The molecule has 1 fully saturated rings. The number of imidazole rings is 1. The molecule has 0 spiro atoms. The van der Waals surface area contributed by atoms with Gasteiger partial charge in [-0.3, -0.25) is 0 Å². The van der Waals surface area contributed by atoms with E-state index in [2.05, 4.69) is 10.1 Å². The van der Waals surface area contributed by atoms with Crippen LogP contribution >= 0.6 is 11.3 Å². The average molecular weight is 502 g/mol. The third-order valence-corrected chi connectivity index (χ3v) is 8.98. The molecule has 0 aliphatic heterocycles. The van der Waals surface area contributed by atoms with Gasteiger partial charge in [0, 0.05) is 23.8 Å². The Morgan fingerprint density at radius 1 is 1.30 bits per heavy atom. The number of aliphatic hydroxyl groups excluding tert-OH is 1. The number of rotatable bonds is 7. The first-order valence-corrected chi connectivity index (χ1v) is 12.7. The number of aromatic nitrogens is 3. The highest BCUT2D eigenvalue weighted by Crippen LogP contribution is 2.53. The molecule has 180 valence electrons. The highest BCUT2D eigenvalue weighted by Gasteiger charge is 2.58. The molecule has 2 heterocycles. The van der Waals surface area contributed by atoms with E-state index in [4.69, 9.17) is 4.74 Å². The van der Waals surface area contributed by atoms with Crippen molar-refractivity contribution in [3.05, 3.63) is 28.9 Å². The lowest BCUT2D eigenvalue weighted by molar-refractivity contribution is -0.166. The number of fused-ring (bicyclic) bond motifs is 1. The SMILES string of the molecule is COc1ccc(-c2c(C)nc3sc(C(C)(C)O)nn23)cc1S(=O)(=O)CC1(CO)CC(F)(F)C1. The van der Waals surface area contributed by atoms with Gasteiger partial charge >= 0.3 is 0 Å². The minimum absolute atomic E-state index is 0.0757. The molecule has 1 aliphatic carbocycles. The summed E-state index contributed by atoms with van der Waals surface area (Å²) in [7, 11) is -2.76. The maximum Gasteiger partial charge on any atom is 0.249 e. The number of aliphatic hydroxyl groups is 2. The number of ether oxygens (including phenoxy) is 1. The van der Waals surface area contributed by atoms with Crippen LogP contribution < -0.4 is 4.74 Å². The summed E-state index contributed by atoms with van der Waals surface area (Å²) in [5.41, 5.74) is -0.921. The van der Waals surface area contributed by atoms with Crippen molar-refractivity contribution >= 4 is 26.1 Å². The third kappa shape index (κ3) is 4.25. The second kappa shape index (κ2) is 7.69. The number of halogens is 2. The van der Waals surface area contributed by atoms with Crippen LogP contribution in [0.5, 0.6) is 5.75 Å². The van der Waals surface area contributed by atoms with Crippen molar-refractivity contribution in [1.29, 1.82) is 0 Å². The molecule has 2 N–H and O–H groups in total. The second-order valence-electron chi connectivity index (χ2n) is 9.20. The Labute approximate surface area is 193 Å². The maximum atomic E-state index is 13.5. The number of benzene rings is 1. The summed E-state index contributed by atoms with van der Waals surface area (Å²) in [5.74, 6) is -3.52. The Kier molecular flexibility index (Phi) is 5.59. The molecule has 0 atom stereocenters. The molecular weight excluding hydrogens is 476 g/mol. The van der Waals surface area contributed by atoms with Crippen molar-refractivity contribution in [1.82, 2.24) is 14.6 Å². The number of aryl methyl sites for hydroxylation is 1. The first kappa shape index (κ1) is 24.0. The van der Waals surface area contributed by atoms with Crippen LogP contribution in [-0.2, 0) is 15.4 Å². The molecule has 0 unspecified atom stereocenters. The van der Waals surface area contributed by atoms with Gasteiger partial charge in [0.2, 0.25) is 10.9 Å². The standard InChI is InChI=1S/C21H25F2N3O5S2/c1-12-16(26-18(24-12)32-17(25-26)19(2,3)28)13-5-6-14(31-4)15(7-13)33(29,30)11-20(10-27)8-21(22,23)9-20/h5-7,27-28H,8-11H2,1-4H3. The molecule has 3 aromatic rings. The minimum atomic E-state index is -4.09. The van der Waals surface area contributed by atoms with Gasteiger partial charge in [-0.1, -0.05) is 11.3 Å². The predicted octanol–water partition coefficient (Wildman–Crippen LogP) is 3.18. The number of methoxy groups -OCH3 is 1. The lowest BCUT2D eigenvalue weighted by atomic mass is 9.68. The molecule has 12 heteroatoms. The number of hydrogen-bond donors (Lipinski definition) is 2. The fraction of sp³-hybridized carbons (Fsp3) is 0.524. The molecule has 0 bridgehead atoms. The molecule has 8 nitrogen and oxygen atoms in total. The van der Waals surface area contributed by atoms with Gasteiger partial charge in [-0.15, -0.1) is 0 Å². The van der Waals surface area contributed by atoms with Crippen LogP contribution in [0.2, 0.25) is 0 Å². The van der Waals surface area contributed by atoms with Gasteiger partial charge in [0.1, 0.15) is 21.3 Å². The van der Waals surface area contributed by atoms with E-state index in [1.165, 1.54) is 30.6 Å². The van der Waals surface area contributed by atoms with Crippen molar-refractivity contribution < 1.29 is 32.1 Å². The van der Waals surface area contributed by atoms with Crippen LogP contribution in [0.3, 0.4) is 0 Å². The molecule has 0 saturated heterocycles. The smallest absolute Gasteiger partial charge is 0.249 e. The van der Waals surface area contributed by atoms with Gasteiger partial charge in [-0.05, 0) is 39.0 Å². The van der Waals surface area contributed by atoms with Crippen molar-refractivity contribution in [2.24, 2.45) is 5.41 Å². The summed E-state index contributed by atoms with van der Waals surface area (Å²) in [6.45, 7) is 4.33. The molecule has 1 aliphatic rings. The minimum Gasteiger partial charge on any atom is -0.495 e. The molecule has 0 amide bonds. The normalized spacial score (nSPS) is 17.8. The average Bonchev–Trinajstić information content (AvgIpc) is 3.22. The van der Waals surface area contributed by atoms with E-state index < -0.39 is 52.0 Å². The predicted molar refractivity (Wildman–Crippen MR) is 119 cm³/mol. The molecule has 1 saturated carbocycles. The maximum absolute atomic E-state index is 13.5. The number of sulfone groups is 1. The zero-order valence-electron chi connectivity index (χ0n) is 18.6. The summed E-state index contributed by atoms with van der Waals surface area (Å²) in [6.07, 6.45) is -1.36. The van der Waals surface area contributed by atoms with Crippen LogP contribution in [0.25, 0.3) is 16.2 Å². The lowest BCUT2D eigenvalue weighted by Crippen LogP contribution is -2.52. The number of hydrogen-bond acceptors (Lipinski definition) is 8. The van der Waals surface area contributed by atoms with E-state index in [9.17, 15) is 27.4 Å². The number of alkyl halides is 2. The first-order chi connectivity index (χ1) is 15.2. The lowest BCUT2D eigenvalue weighted by Gasteiger charge is -2.45. The van der Waals surface area contributed by atoms with E-state index in [1.807, 2.05) is 0 Å². The summed E-state index contributed by atoms with van der Waals surface area (Å²) in [5, 5.41) is 24.9. The van der Waals surface area contributed by atoms with Crippen LogP contribution in [0.15, 0.2) is 23.1 Å². The van der Waals surface area contributed by atoms with Crippen molar-refractivity contribution in [3.8, 4) is 17.0 Å². The first-order valence-electron chi connectivity index (χ1n) is 10.2. The fourth-order valence-corrected chi connectivity index (χ4v) is 7.25. The van der Waals surface area contributed by atoms with Crippen molar-refractivity contribution in [3.63, 3.8) is 0 Å². The van der Waals surface area contributed by atoms with Crippen LogP contribution in [0.4, 0.5) is 8.78 Å². The van der Waals surface area contributed by atoms with Crippen LogP contribution in [-0.4, -0.2) is 58.6 Å². The Morgan fingerprint density at radius 2 is 1.97 bits per heavy atom. The van der Waals surface area contributed by atoms with E-state index in [1.54, 1.807) is 31.4 Å². The van der Waals surface area contributed by atoms with Gasteiger partial charge in [0.05, 0.1) is 30.9 Å². The Balaban J connectivity index is 1.80. The Hall–Kier alpha value is -2.15. The van der Waals surface area contributed by atoms with Crippen LogP contribution in [0.1, 0.15) is 37.4 Å². The molecule has 33 heavy (non-hydrogen) atoms. The zero-order valence-corrected chi connectivity index (χ0v) is 20.2. The highest BCUT2D eigenvalue weighted by molar-refractivity contribution is 7.91. The molecule has 2 aromatic heterocycles. The summed E-state index contributed by atoms with van der Waals surface area (Å²) < 4.78 is 60.4. The summed E-state index contributed by atoms with van der Waals surface area (Å²) >= 11 is 1.22. The molecule has 4 rings (SSSR count). The topological polar surface area (TPSA) is 114 Å². The second-order valence-corrected chi connectivity index (χ2v) is 12.1. The molecule has 0 radical (unpaired) electrons. The number of nitrogens with zero attached hydrogens (tertiary/aromatic N) is 3. The zero-order chi connectivity index (χ0) is 24.4. The summed E-state index contributed by atoms with van der Waals surface area (Å²) in [6, 6.07) is 4.57. The monoisotopic (exact) mass is 501 g/mol. The van der Waals surface area contributed by atoms with E-state index in [0.29, 0.717) is 26.9 Å². The van der Waals surface area contributed by atoms with Gasteiger partial charge in [-0.2, -0.15) is 5.10 Å². The van der Waals surface area contributed by atoms with Crippen molar-refractivity contribution in [2.45, 2.75) is 50.0 Å². The van der Waals surface area contributed by atoms with E-state index in [-0.39, 0.29) is 10.6 Å². The van der Waals surface area contributed by atoms with E-state index in [0.717, 1.165) is 0 Å². The quantitative estimate of drug-likeness (QED) is 0.511. The van der Waals surface area contributed by atoms with Gasteiger partial charge < -0.3 is 14.9 Å². The highest BCUT2D eigenvalue weighted by atomic mass is 32.2. The van der Waals surface area contributed by atoms with E-state index >= 15 is 0 Å². The third-order valence-electron chi connectivity index (χ3n) is 5.77. The Bertz CT molecular complexity index is 1320. The largest absolute Gasteiger partial charge is 0.495 e. The van der Waals surface area contributed by atoms with Gasteiger partial charge in [0.15, 0.2) is 9.84 Å². The summed E-state index contributed by atoms with van der Waals surface area (Å²) in [4.78, 5) is 4.86. The fourth-order valence-electron chi connectivity index (χ4n) is 4.28.